The average molecular weight is 365 g/mol. The van der Waals surface area contributed by atoms with Crippen molar-refractivity contribution in [1.82, 2.24) is 4.90 Å². The van der Waals surface area contributed by atoms with Gasteiger partial charge in [-0.15, -0.1) is 0 Å². The molecule has 5 heteroatoms. The van der Waals surface area contributed by atoms with E-state index < -0.39 is 6.04 Å². The number of carbonyl (C=O) groups is 2. The van der Waals surface area contributed by atoms with Crippen molar-refractivity contribution in [3.05, 3.63) is 59.2 Å². The highest BCUT2D eigenvalue weighted by atomic mass is 16.2. The predicted octanol–water partition coefficient (Wildman–Crippen LogP) is 4.50. The zero-order chi connectivity index (χ0) is 19.4. The molecule has 0 radical (unpaired) electrons. The molecule has 2 aromatic rings. The van der Waals surface area contributed by atoms with E-state index in [2.05, 4.69) is 17.6 Å². The zero-order valence-electron chi connectivity index (χ0n) is 16.2. The summed E-state index contributed by atoms with van der Waals surface area (Å²) in [5.41, 5.74) is 4.89. The standard InChI is InChI=1S/C22H27N3O2/c1-4-17-8-5-7-16(3)20(17)24-21(26)19-9-6-14-25(19)22(27)23-18-12-10-15(2)11-13-18/h5,7-8,10-13,19H,4,6,9,14H2,1-3H3,(H,23,27)(H,24,26)/t19-/m1/s1. The number of para-hydroxylation sites is 1. The lowest BCUT2D eigenvalue weighted by Gasteiger charge is -2.25. The Bertz CT molecular complexity index is 830. The van der Waals surface area contributed by atoms with Crippen LogP contribution in [0.5, 0.6) is 0 Å². The number of benzene rings is 2. The van der Waals surface area contributed by atoms with Crippen LogP contribution < -0.4 is 10.6 Å². The van der Waals surface area contributed by atoms with Crippen LogP contribution in [-0.2, 0) is 11.2 Å². The number of amides is 3. The van der Waals surface area contributed by atoms with E-state index in [9.17, 15) is 9.59 Å². The summed E-state index contributed by atoms with van der Waals surface area (Å²) < 4.78 is 0. The summed E-state index contributed by atoms with van der Waals surface area (Å²) in [6.07, 6.45) is 2.36. The van der Waals surface area contributed by atoms with Crippen molar-refractivity contribution in [2.24, 2.45) is 0 Å². The molecule has 1 saturated heterocycles. The highest BCUT2D eigenvalue weighted by Crippen LogP contribution is 2.25. The summed E-state index contributed by atoms with van der Waals surface area (Å²) in [7, 11) is 0. The van der Waals surface area contributed by atoms with E-state index in [1.807, 2.05) is 56.3 Å². The Kier molecular flexibility index (Phi) is 5.79. The molecule has 2 N–H and O–H groups in total. The van der Waals surface area contributed by atoms with Crippen molar-refractivity contribution in [2.75, 3.05) is 17.2 Å². The van der Waals surface area contributed by atoms with Crippen molar-refractivity contribution in [3.8, 4) is 0 Å². The number of nitrogens with zero attached hydrogens (tertiary/aromatic N) is 1. The van der Waals surface area contributed by atoms with Crippen LogP contribution in [0.2, 0.25) is 0 Å². The van der Waals surface area contributed by atoms with Crippen LogP contribution in [0.15, 0.2) is 42.5 Å². The Labute approximate surface area is 160 Å². The zero-order valence-corrected chi connectivity index (χ0v) is 16.2. The van der Waals surface area contributed by atoms with Gasteiger partial charge in [0.1, 0.15) is 6.04 Å². The van der Waals surface area contributed by atoms with Gasteiger partial charge in [0.25, 0.3) is 0 Å². The number of hydrogen-bond acceptors (Lipinski definition) is 2. The smallest absolute Gasteiger partial charge is 0.322 e. The second kappa shape index (κ2) is 8.25. The Morgan fingerprint density at radius 3 is 2.52 bits per heavy atom. The average Bonchev–Trinajstić information content (AvgIpc) is 3.15. The van der Waals surface area contributed by atoms with Gasteiger partial charge in [-0.2, -0.15) is 0 Å². The number of anilines is 2. The number of nitrogens with one attached hydrogen (secondary N) is 2. The van der Waals surface area contributed by atoms with Gasteiger partial charge in [0.2, 0.25) is 5.91 Å². The fourth-order valence-corrected chi connectivity index (χ4v) is 3.52. The minimum atomic E-state index is -0.445. The summed E-state index contributed by atoms with van der Waals surface area (Å²) >= 11 is 0. The molecule has 5 nitrogen and oxygen atoms in total. The number of aryl methyl sites for hydroxylation is 3. The molecule has 0 bridgehead atoms. The molecule has 0 unspecified atom stereocenters. The third-order valence-corrected chi connectivity index (χ3v) is 5.11. The van der Waals surface area contributed by atoms with Crippen LogP contribution in [0, 0.1) is 13.8 Å². The Morgan fingerprint density at radius 2 is 1.81 bits per heavy atom. The quantitative estimate of drug-likeness (QED) is 0.838. The van der Waals surface area contributed by atoms with Crippen LogP contribution >= 0.6 is 0 Å². The normalized spacial score (nSPS) is 16.3. The molecule has 0 spiro atoms. The molecular weight excluding hydrogens is 338 g/mol. The molecule has 3 rings (SSSR count). The second-order valence-corrected chi connectivity index (χ2v) is 7.10. The molecule has 2 aromatic carbocycles. The Hall–Kier alpha value is -2.82. The molecule has 1 fully saturated rings. The molecule has 1 atom stereocenters. The molecule has 1 aliphatic rings. The lowest BCUT2D eigenvalue weighted by Crippen LogP contribution is -2.45. The summed E-state index contributed by atoms with van der Waals surface area (Å²) in [5.74, 6) is -0.115. The number of urea groups is 1. The van der Waals surface area contributed by atoms with E-state index in [-0.39, 0.29) is 11.9 Å². The maximum atomic E-state index is 12.9. The van der Waals surface area contributed by atoms with Gasteiger partial charge in [-0.05, 0) is 56.4 Å². The fraction of sp³-hybridized carbons (Fsp3) is 0.364. The van der Waals surface area contributed by atoms with Gasteiger partial charge in [0, 0.05) is 17.9 Å². The van der Waals surface area contributed by atoms with Crippen LogP contribution in [-0.4, -0.2) is 29.4 Å². The van der Waals surface area contributed by atoms with Gasteiger partial charge in [0.05, 0.1) is 0 Å². The number of rotatable bonds is 4. The molecule has 27 heavy (non-hydrogen) atoms. The van der Waals surface area contributed by atoms with Gasteiger partial charge < -0.3 is 15.5 Å². The molecule has 0 saturated carbocycles. The number of carbonyl (C=O) groups excluding carboxylic acids is 2. The van der Waals surface area contributed by atoms with E-state index in [1.54, 1.807) is 4.90 Å². The van der Waals surface area contributed by atoms with Gasteiger partial charge in [-0.1, -0.05) is 42.8 Å². The van der Waals surface area contributed by atoms with Crippen molar-refractivity contribution in [3.63, 3.8) is 0 Å². The first-order chi connectivity index (χ1) is 13.0. The highest BCUT2D eigenvalue weighted by Gasteiger charge is 2.34. The van der Waals surface area contributed by atoms with Gasteiger partial charge in [-0.3, -0.25) is 4.79 Å². The number of hydrogen-bond donors (Lipinski definition) is 2. The highest BCUT2D eigenvalue weighted by molar-refractivity contribution is 6.00. The minimum Gasteiger partial charge on any atom is -0.324 e. The Balaban J connectivity index is 1.71. The van der Waals surface area contributed by atoms with Crippen LogP contribution in [0.25, 0.3) is 0 Å². The molecular formula is C22H27N3O2. The van der Waals surface area contributed by atoms with E-state index >= 15 is 0 Å². The van der Waals surface area contributed by atoms with Crippen molar-refractivity contribution < 1.29 is 9.59 Å². The first-order valence-corrected chi connectivity index (χ1v) is 9.53. The van der Waals surface area contributed by atoms with Crippen molar-refractivity contribution >= 4 is 23.3 Å². The molecule has 0 aliphatic carbocycles. The van der Waals surface area contributed by atoms with Crippen molar-refractivity contribution in [1.29, 1.82) is 0 Å². The third kappa shape index (κ3) is 4.30. The summed E-state index contributed by atoms with van der Waals surface area (Å²) in [6, 6.07) is 13.0. The van der Waals surface area contributed by atoms with Gasteiger partial charge in [0.15, 0.2) is 0 Å². The van der Waals surface area contributed by atoms with Crippen LogP contribution in [0.3, 0.4) is 0 Å². The largest absolute Gasteiger partial charge is 0.324 e. The molecule has 3 amide bonds. The third-order valence-electron chi connectivity index (χ3n) is 5.11. The summed E-state index contributed by atoms with van der Waals surface area (Å²) in [5, 5.41) is 5.97. The van der Waals surface area contributed by atoms with Crippen LogP contribution in [0.1, 0.15) is 36.5 Å². The first-order valence-electron chi connectivity index (χ1n) is 9.53. The van der Waals surface area contributed by atoms with Crippen molar-refractivity contribution in [2.45, 2.75) is 46.1 Å². The summed E-state index contributed by atoms with van der Waals surface area (Å²) in [4.78, 5) is 27.2. The predicted molar refractivity (Wildman–Crippen MR) is 109 cm³/mol. The van der Waals surface area contributed by atoms with Crippen LogP contribution in [0.4, 0.5) is 16.2 Å². The van der Waals surface area contributed by atoms with E-state index in [0.717, 1.165) is 40.9 Å². The van der Waals surface area contributed by atoms with E-state index in [1.165, 1.54) is 0 Å². The summed E-state index contributed by atoms with van der Waals surface area (Å²) in [6.45, 7) is 6.65. The minimum absolute atomic E-state index is 0.115. The van der Waals surface area contributed by atoms with E-state index in [4.69, 9.17) is 0 Å². The second-order valence-electron chi connectivity index (χ2n) is 7.10. The lowest BCUT2D eigenvalue weighted by molar-refractivity contribution is -0.119. The molecule has 142 valence electrons. The monoisotopic (exact) mass is 365 g/mol. The molecule has 1 aliphatic heterocycles. The SMILES string of the molecule is CCc1cccc(C)c1NC(=O)[C@H]1CCCN1C(=O)Nc1ccc(C)cc1. The maximum Gasteiger partial charge on any atom is 0.322 e. The van der Waals surface area contributed by atoms with E-state index in [0.29, 0.717) is 13.0 Å². The fourth-order valence-electron chi connectivity index (χ4n) is 3.52. The maximum absolute atomic E-state index is 12.9. The lowest BCUT2D eigenvalue weighted by atomic mass is 10.1. The Morgan fingerprint density at radius 1 is 1.07 bits per heavy atom. The van der Waals surface area contributed by atoms with Gasteiger partial charge in [-0.25, -0.2) is 4.79 Å². The number of likely N-dealkylation sites (tertiary alicyclic amines) is 1. The van der Waals surface area contributed by atoms with Gasteiger partial charge >= 0.3 is 6.03 Å². The molecule has 1 heterocycles. The topological polar surface area (TPSA) is 61.4 Å². The molecule has 0 aromatic heterocycles. The first kappa shape index (κ1) is 19.0.